The molecule has 1 amide bonds. The third kappa shape index (κ3) is 11.3. The Labute approximate surface area is 111 Å². The van der Waals surface area contributed by atoms with Gasteiger partial charge in [-0.3, -0.25) is 4.79 Å². The molecule has 106 valence electrons. The highest BCUT2D eigenvalue weighted by atomic mass is 16.1. The van der Waals surface area contributed by atoms with Crippen LogP contribution >= 0.6 is 0 Å². The van der Waals surface area contributed by atoms with E-state index in [0.717, 1.165) is 24.5 Å². The molecule has 18 heavy (non-hydrogen) atoms. The Kier molecular flexibility index (Phi) is 9.15. The van der Waals surface area contributed by atoms with E-state index in [0.29, 0.717) is 0 Å². The predicted molar refractivity (Wildman–Crippen MR) is 76.9 cm³/mol. The molecule has 0 atom stereocenters. The first-order chi connectivity index (χ1) is 8.41. The van der Waals surface area contributed by atoms with Crippen LogP contribution in [-0.4, -0.2) is 18.5 Å². The van der Waals surface area contributed by atoms with Crippen molar-refractivity contribution in [2.75, 3.05) is 6.54 Å². The van der Waals surface area contributed by atoms with Crippen molar-refractivity contribution in [3.8, 4) is 0 Å². The Bertz CT molecular complexity index is 260. The first kappa shape index (κ1) is 16.8. The van der Waals surface area contributed by atoms with Crippen LogP contribution in [0.2, 0.25) is 0 Å². The van der Waals surface area contributed by atoms with Crippen LogP contribution in [0.4, 0.5) is 0 Å². The lowest BCUT2D eigenvalue weighted by atomic mass is 10.0. The molecule has 0 saturated heterocycles. The Hall–Kier alpha value is -1.19. The van der Waals surface area contributed by atoms with E-state index in [9.17, 15) is 4.79 Å². The predicted octanol–water partition coefficient (Wildman–Crippen LogP) is 2.12. The molecule has 0 aromatic carbocycles. The number of unbranched alkanes of at least 4 members (excludes halogenated alkanes) is 1. The van der Waals surface area contributed by atoms with Crippen molar-refractivity contribution >= 4 is 5.91 Å². The number of nitrogens with two attached hydrogens (primary N) is 1. The van der Waals surface area contributed by atoms with Crippen LogP contribution in [0.15, 0.2) is 11.9 Å². The Balaban J connectivity index is 3.61. The van der Waals surface area contributed by atoms with Gasteiger partial charge in [0.05, 0.1) is 6.54 Å². The maximum atomic E-state index is 11.3. The number of hydrogen-bond donors (Lipinski definition) is 3. The molecule has 0 radical (unpaired) electrons. The van der Waals surface area contributed by atoms with Crippen molar-refractivity contribution in [1.82, 2.24) is 10.6 Å². The quantitative estimate of drug-likeness (QED) is 0.553. The van der Waals surface area contributed by atoms with E-state index in [1.165, 1.54) is 12.8 Å². The molecule has 0 unspecified atom stereocenters. The van der Waals surface area contributed by atoms with E-state index >= 15 is 0 Å². The van der Waals surface area contributed by atoms with Crippen molar-refractivity contribution in [1.29, 1.82) is 0 Å². The zero-order chi connectivity index (χ0) is 14.0. The van der Waals surface area contributed by atoms with Crippen LogP contribution in [0.3, 0.4) is 0 Å². The zero-order valence-corrected chi connectivity index (χ0v) is 12.3. The van der Waals surface area contributed by atoms with Gasteiger partial charge in [-0.15, -0.1) is 0 Å². The number of carbonyl (C=O) groups excluding carboxylic acids is 1. The molecule has 0 fully saturated rings. The third-order valence-electron chi connectivity index (χ3n) is 2.50. The Morgan fingerprint density at radius 2 is 1.89 bits per heavy atom. The molecule has 0 rings (SSSR count). The Morgan fingerprint density at radius 1 is 1.22 bits per heavy atom. The fourth-order valence-electron chi connectivity index (χ4n) is 1.60. The highest BCUT2D eigenvalue weighted by Crippen LogP contribution is 2.09. The van der Waals surface area contributed by atoms with E-state index in [-0.39, 0.29) is 18.5 Å². The second kappa shape index (κ2) is 9.80. The van der Waals surface area contributed by atoms with E-state index in [1.54, 1.807) is 6.20 Å². The third-order valence-corrected chi connectivity index (χ3v) is 2.50. The molecular formula is C14H29N3O. The van der Waals surface area contributed by atoms with E-state index in [1.807, 2.05) is 13.8 Å². The van der Waals surface area contributed by atoms with Crippen molar-refractivity contribution in [2.45, 2.75) is 59.4 Å². The Morgan fingerprint density at radius 3 is 2.44 bits per heavy atom. The van der Waals surface area contributed by atoms with Crippen LogP contribution < -0.4 is 16.4 Å². The van der Waals surface area contributed by atoms with E-state index in [4.69, 9.17) is 5.73 Å². The molecule has 4 N–H and O–H groups in total. The normalized spacial score (nSPS) is 12.0. The largest absolute Gasteiger partial charge is 0.401 e. The molecule has 0 saturated carbocycles. The molecule has 0 spiro atoms. The summed E-state index contributed by atoms with van der Waals surface area (Å²) in [6, 6.07) is 0.177. The highest BCUT2D eigenvalue weighted by molar-refractivity contribution is 5.78. The lowest BCUT2D eigenvalue weighted by molar-refractivity contribution is -0.120. The molecule has 0 aromatic rings. The minimum atomic E-state index is -0.00569. The average Bonchev–Trinajstić information content (AvgIpc) is 2.23. The SMILES string of the molecule is CC(C)CCCC/C(N)=C/NCC(=O)NC(C)C. The maximum Gasteiger partial charge on any atom is 0.239 e. The van der Waals surface area contributed by atoms with Crippen LogP contribution in [0.5, 0.6) is 0 Å². The number of allylic oxidation sites excluding steroid dienone is 1. The molecule has 0 aliphatic carbocycles. The summed E-state index contributed by atoms with van der Waals surface area (Å²) in [5.41, 5.74) is 6.66. The summed E-state index contributed by atoms with van der Waals surface area (Å²) in [4.78, 5) is 11.3. The monoisotopic (exact) mass is 255 g/mol. The first-order valence-corrected chi connectivity index (χ1v) is 6.89. The first-order valence-electron chi connectivity index (χ1n) is 6.89. The number of rotatable bonds is 9. The van der Waals surface area contributed by atoms with Crippen LogP contribution in [0, 0.1) is 5.92 Å². The summed E-state index contributed by atoms with van der Waals surface area (Å²) >= 11 is 0. The molecular weight excluding hydrogens is 226 g/mol. The lowest BCUT2D eigenvalue weighted by Gasteiger charge is -2.08. The summed E-state index contributed by atoms with van der Waals surface area (Å²) in [7, 11) is 0. The van der Waals surface area contributed by atoms with E-state index < -0.39 is 0 Å². The molecule has 0 heterocycles. The van der Waals surface area contributed by atoms with Gasteiger partial charge in [0.25, 0.3) is 0 Å². The molecule has 4 heteroatoms. The van der Waals surface area contributed by atoms with Gasteiger partial charge in [-0.1, -0.05) is 26.7 Å². The number of amides is 1. The zero-order valence-electron chi connectivity index (χ0n) is 12.3. The fourth-order valence-corrected chi connectivity index (χ4v) is 1.60. The molecule has 0 aromatic heterocycles. The standard InChI is InChI=1S/C14H29N3O/c1-11(2)7-5-6-8-13(15)9-16-10-14(18)17-12(3)4/h9,11-12,16H,5-8,10,15H2,1-4H3,(H,17,18)/b13-9-. The number of hydrogen-bond acceptors (Lipinski definition) is 3. The summed E-state index contributed by atoms with van der Waals surface area (Å²) < 4.78 is 0. The van der Waals surface area contributed by atoms with Crippen molar-refractivity contribution in [2.24, 2.45) is 11.7 Å². The van der Waals surface area contributed by atoms with Gasteiger partial charge in [-0.05, 0) is 32.6 Å². The van der Waals surface area contributed by atoms with Gasteiger partial charge in [-0.25, -0.2) is 0 Å². The van der Waals surface area contributed by atoms with Crippen molar-refractivity contribution in [3.05, 3.63) is 11.9 Å². The fraction of sp³-hybridized carbons (Fsp3) is 0.786. The lowest BCUT2D eigenvalue weighted by Crippen LogP contribution is -2.36. The summed E-state index contributed by atoms with van der Waals surface area (Å²) in [6.45, 7) is 8.63. The minimum absolute atomic E-state index is 0.00569. The van der Waals surface area contributed by atoms with Gasteiger partial charge in [-0.2, -0.15) is 0 Å². The summed E-state index contributed by atoms with van der Waals surface area (Å²) in [5.74, 6) is 0.752. The van der Waals surface area contributed by atoms with Crippen molar-refractivity contribution < 1.29 is 4.79 Å². The van der Waals surface area contributed by atoms with Crippen LogP contribution in [0.25, 0.3) is 0 Å². The molecule has 0 aliphatic heterocycles. The van der Waals surface area contributed by atoms with Gasteiger partial charge in [0, 0.05) is 17.9 Å². The molecule has 0 aliphatic rings. The van der Waals surface area contributed by atoms with Gasteiger partial charge in [0.2, 0.25) is 5.91 Å². The van der Waals surface area contributed by atoms with Crippen LogP contribution in [0.1, 0.15) is 53.4 Å². The van der Waals surface area contributed by atoms with Gasteiger partial charge >= 0.3 is 0 Å². The number of nitrogens with one attached hydrogen (secondary N) is 2. The van der Waals surface area contributed by atoms with Gasteiger partial charge in [0.15, 0.2) is 0 Å². The van der Waals surface area contributed by atoms with Crippen LogP contribution in [-0.2, 0) is 4.79 Å². The maximum absolute atomic E-state index is 11.3. The average molecular weight is 255 g/mol. The minimum Gasteiger partial charge on any atom is -0.401 e. The van der Waals surface area contributed by atoms with Crippen molar-refractivity contribution in [3.63, 3.8) is 0 Å². The highest BCUT2D eigenvalue weighted by Gasteiger charge is 2.01. The second-order valence-corrected chi connectivity index (χ2v) is 5.46. The van der Waals surface area contributed by atoms with Gasteiger partial charge in [0.1, 0.15) is 0 Å². The van der Waals surface area contributed by atoms with E-state index in [2.05, 4.69) is 24.5 Å². The smallest absolute Gasteiger partial charge is 0.239 e. The summed E-state index contributed by atoms with van der Waals surface area (Å²) in [5, 5.41) is 5.75. The topological polar surface area (TPSA) is 67.1 Å². The molecule has 4 nitrogen and oxygen atoms in total. The summed E-state index contributed by atoms with van der Waals surface area (Å²) in [6.07, 6.45) is 6.21. The second-order valence-electron chi connectivity index (χ2n) is 5.46. The number of carbonyl (C=O) groups is 1. The molecule has 0 bridgehead atoms. The van der Waals surface area contributed by atoms with Gasteiger partial charge < -0.3 is 16.4 Å².